The topological polar surface area (TPSA) is 88.6 Å². The van der Waals surface area contributed by atoms with E-state index in [1.165, 1.54) is 24.5 Å². The highest BCUT2D eigenvalue weighted by molar-refractivity contribution is 7.89. The molecule has 1 aliphatic heterocycles. The highest BCUT2D eigenvalue weighted by atomic mass is 35.5. The molecule has 1 aromatic heterocycles. The van der Waals surface area contributed by atoms with Gasteiger partial charge < -0.3 is 9.64 Å². The van der Waals surface area contributed by atoms with Gasteiger partial charge in [0.25, 0.3) is 0 Å². The van der Waals surface area contributed by atoms with Crippen LogP contribution in [-0.4, -0.2) is 50.5 Å². The average molecular weight is 396 g/mol. The van der Waals surface area contributed by atoms with Crippen LogP contribution in [0.25, 0.3) is 0 Å². The van der Waals surface area contributed by atoms with Gasteiger partial charge in [-0.25, -0.2) is 13.1 Å². The number of pyridine rings is 1. The number of morpholine rings is 1. The van der Waals surface area contributed by atoms with E-state index in [1.54, 1.807) is 17.0 Å². The van der Waals surface area contributed by atoms with Crippen LogP contribution in [0.2, 0.25) is 5.02 Å². The van der Waals surface area contributed by atoms with Gasteiger partial charge in [-0.1, -0.05) is 23.7 Å². The number of nitrogens with one attached hydrogen (secondary N) is 1. The first kappa shape index (κ1) is 18.8. The summed E-state index contributed by atoms with van der Waals surface area (Å²) in [4.78, 5) is 17.8. The predicted molar refractivity (Wildman–Crippen MR) is 96.2 cm³/mol. The smallest absolute Gasteiger partial charge is 0.242 e. The summed E-state index contributed by atoms with van der Waals surface area (Å²) in [5.74, 6) is -0.306. The second kappa shape index (κ2) is 8.13. The zero-order valence-electron chi connectivity index (χ0n) is 13.8. The van der Waals surface area contributed by atoms with Gasteiger partial charge in [-0.15, -0.1) is 0 Å². The van der Waals surface area contributed by atoms with Crippen LogP contribution in [0.15, 0.2) is 53.7 Å². The van der Waals surface area contributed by atoms with Gasteiger partial charge in [-0.05, 0) is 29.8 Å². The molecule has 7 nitrogen and oxygen atoms in total. The van der Waals surface area contributed by atoms with Crippen LogP contribution in [0, 0.1) is 0 Å². The molecule has 0 radical (unpaired) electrons. The first-order valence-electron chi connectivity index (χ1n) is 8.00. The highest BCUT2D eigenvalue weighted by Crippen LogP contribution is 2.23. The summed E-state index contributed by atoms with van der Waals surface area (Å²) in [6.07, 6.45) is 2.45. The Morgan fingerprint density at radius 2 is 2.08 bits per heavy atom. The van der Waals surface area contributed by atoms with Crippen LogP contribution in [0.3, 0.4) is 0 Å². The molecule has 1 fully saturated rings. The minimum atomic E-state index is -3.77. The largest absolute Gasteiger partial charge is 0.370 e. The zero-order chi connectivity index (χ0) is 18.6. The molecule has 1 atom stereocenters. The number of aromatic nitrogens is 1. The SMILES string of the molecule is O=C(CNS(=O)(=O)c1cccnc1)N1CCO[C@H](c2ccc(Cl)cc2)C1. The van der Waals surface area contributed by atoms with E-state index in [-0.39, 0.29) is 23.5 Å². The van der Waals surface area contributed by atoms with Crippen molar-refractivity contribution in [2.24, 2.45) is 0 Å². The Kier molecular flexibility index (Phi) is 5.87. The van der Waals surface area contributed by atoms with Crippen LogP contribution in [0.1, 0.15) is 11.7 Å². The van der Waals surface area contributed by atoms with Crippen LogP contribution < -0.4 is 4.72 Å². The summed E-state index contributed by atoms with van der Waals surface area (Å²) < 4.78 is 32.4. The summed E-state index contributed by atoms with van der Waals surface area (Å²) in [7, 11) is -3.77. The fourth-order valence-electron chi connectivity index (χ4n) is 2.61. The van der Waals surface area contributed by atoms with E-state index in [4.69, 9.17) is 16.3 Å². The number of hydrogen-bond donors (Lipinski definition) is 1. The normalized spacial score (nSPS) is 17.9. The third kappa shape index (κ3) is 4.59. The van der Waals surface area contributed by atoms with Crippen molar-refractivity contribution in [2.45, 2.75) is 11.0 Å². The van der Waals surface area contributed by atoms with Crippen molar-refractivity contribution in [1.82, 2.24) is 14.6 Å². The van der Waals surface area contributed by atoms with Crippen molar-refractivity contribution < 1.29 is 17.9 Å². The van der Waals surface area contributed by atoms with Gasteiger partial charge in [-0.2, -0.15) is 0 Å². The van der Waals surface area contributed by atoms with Crippen molar-refractivity contribution in [1.29, 1.82) is 0 Å². The molecule has 0 spiro atoms. The molecule has 0 saturated carbocycles. The quantitative estimate of drug-likeness (QED) is 0.830. The van der Waals surface area contributed by atoms with E-state index in [2.05, 4.69) is 9.71 Å². The van der Waals surface area contributed by atoms with E-state index < -0.39 is 10.0 Å². The number of benzene rings is 1. The van der Waals surface area contributed by atoms with Crippen molar-refractivity contribution in [3.8, 4) is 0 Å². The van der Waals surface area contributed by atoms with Gasteiger partial charge in [0.15, 0.2) is 0 Å². The Balaban J connectivity index is 1.60. The molecule has 0 unspecified atom stereocenters. The summed E-state index contributed by atoms with van der Waals surface area (Å²) in [6.45, 7) is 0.839. The Morgan fingerprint density at radius 1 is 1.31 bits per heavy atom. The van der Waals surface area contributed by atoms with Crippen molar-refractivity contribution >= 4 is 27.5 Å². The van der Waals surface area contributed by atoms with Gasteiger partial charge in [0, 0.05) is 24.0 Å². The van der Waals surface area contributed by atoms with E-state index >= 15 is 0 Å². The lowest BCUT2D eigenvalue weighted by atomic mass is 10.1. The van der Waals surface area contributed by atoms with E-state index in [0.29, 0.717) is 24.7 Å². The number of carbonyl (C=O) groups excluding carboxylic acids is 1. The third-order valence-electron chi connectivity index (χ3n) is 4.02. The number of rotatable bonds is 5. The number of hydrogen-bond acceptors (Lipinski definition) is 5. The van der Waals surface area contributed by atoms with Crippen molar-refractivity contribution in [3.05, 3.63) is 59.4 Å². The summed E-state index contributed by atoms with van der Waals surface area (Å²) in [5.41, 5.74) is 0.919. The third-order valence-corrected chi connectivity index (χ3v) is 5.66. The number of amides is 1. The Bertz CT molecular complexity index is 859. The van der Waals surface area contributed by atoms with Crippen LogP contribution in [-0.2, 0) is 19.6 Å². The van der Waals surface area contributed by atoms with Crippen molar-refractivity contribution in [3.63, 3.8) is 0 Å². The fraction of sp³-hybridized carbons (Fsp3) is 0.294. The molecule has 9 heteroatoms. The summed E-state index contributed by atoms with van der Waals surface area (Å²) in [6, 6.07) is 10.2. The molecule has 3 rings (SSSR count). The Morgan fingerprint density at radius 3 is 2.77 bits per heavy atom. The number of sulfonamides is 1. The van der Waals surface area contributed by atoms with E-state index in [1.807, 2.05) is 12.1 Å². The maximum atomic E-state index is 12.4. The van der Waals surface area contributed by atoms with Crippen LogP contribution in [0.5, 0.6) is 0 Å². The molecule has 1 aliphatic rings. The van der Waals surface area contributed by atoms with Crippen LogP contribution >= 0.6 is 11.6 Å². The first-order chi connectivity index (χ1) is 12.5. The standard InChI is InChI=1S/C17H18ClN3O4S/c18-14-5-3-13(4-6-14)16-12-21(8-9-25-16)17(22)11-20-26(23,24)15-2-1-7-19-10-15/h1-7,10,16,20H,8-9,11-12H2/t16-/m0/s1. The average Bonchev–Trinajstić information content (AvgIpc) is 2.67. The number of ether oxygens (including phenoxy) is 1. The van der Waals surface area contributed by atoms with Gasteiger partial charge in [0.1, 0.15) is 11.0 Å². The van der Waals surface area contributed by atoms with E-state index in [9.17, 15) is 13.2 Å². The minimum absolute atomic E-state index is 0.0221. The molecule has 1 aromatic carbocycles. The second-order valence-electron chi connectivity index (χ2n) is 5.76. The number of halogens is 1. The lowest BCUT2D eigenvalue weighted by Crippen LogP contribution is -2.46. The van der Waals surface area contributed by atoms with Gasteiger partial charge in [0.05, 0.1) is 19.7 Å². The molecular weight excluding hydrogens is 378 g/mol. The molecule has 0 aliphatic carbocycles. The van der Waals surface area contributed by atoms with Crippen molar-refractivity contribution in [2.75, 3.05) is 26.2 Å². The predicted octanol–water partition coefficient (Wildman–Crippen LogP) is 1.61. The number of nitrogens with zero attached hydrogens (tertiary/aromatic N) is 2. The molecular formula is C17H18ClN3O4S. The fourth-order valence-corrected chi connectivity index (χ4v) is 3.68. The summed E-state index contributed by atoms with van der Waals surface area (Å²) >= 11 is 5.89. The molecule has 2 aromatic rings. The van der Waals surface area contributed by atoms with E-state index in [0.717, 1.165) is 5.56 Å². The second-order valence-corrected chi connectivity index (χ2v) is 7.97. The maximum Gasteiger partial charge on any atom is 0.242 e. The van der Waals surface area contributed by atoms with Crippen LogP contribution in [0.4, 0.5) is 0 Å². The Hall–Kier alpha value is -2.00. The van der Waals surface area contributed by atoms with Gasteiger partial charge >= 0.3 is 0 Å². The lowest BCUT2D eigenvalue weighted by molar-refractivity contribution is -0.137. The molecule has 1 N–H and O–H groups in total. The zero-order valence-corrected chi connectivity index (χ0v) is 15.4. The molecule has 138 valence electrons. The summed E-state index contributed by atoms with van der Waals surface area (Å²) in [5, 5.41) is 0.627. The molecule has 26 heavy (non-hydrogen) atoms. The minimum Gasteiger partial charge on any atom is -0.370 e. The monoisotopic (exact) mass is 395 g/mol. The molecule has 1 amide bonds. The molecule has 0 bridgehead atoms. The highest BCUT2D eigenvalue weighted by Gasteiger charge is 2.26. The molecule has 1 saturated heterocycles. The van der Waals surface area contributed by atoms with Gasteiger partial charge in [-0.3, -0.25) is 9.78 Å². The Labute approximate surface area is 157 Å². The van der Waals surface area contributed by atoms with Gasteiger partial charge in [0.2, 0.25) is 15.9 Å². The molecule has 2 heterocycles. The maximum absolute atomic E-state index is 12.4. The first-order valence-corrected chi connectivity index (χ1v) is 9.86. The number of carbonyl (C=O) groups is 1. The lowest BCUT2D eigenvalue weighted by Gasteiger charge is -2.33.